The molecule has 0 aliphatic carbocycles. The Morgan fingerprint density at radius 3 is 2.56 bits per heavy atom. The summed E-state index contributed by atoms with van der Waals surface area (Å²) in [5, 5.41) is 2.88. The van der Waals surface area contributed by atoms with Gasteiger partial charge in [-0.25, -0.2) is 4.39 Å². The second-order valence-corrected chi connectivity index (χ2v) is 7.72. The molecular weight excluding hydrogens is 347 g/mol. The summed E-state index contributed by atoms with van der Waals surface area (Å²) in [6.45, 7) is 8.75. The van der Waals surface area contributed by atoms with Gasteiger partial charge in [0.2, 0.25) is 11.8 Å². The normalized spacial score (nSPS) is 21.5. The fourth-order valence-electron chi connectivity index (χ4n) is 3.87. The zero-order valence-electron chi connectivity index (χ0n) is 16.2. The molecule has 0 aromatic heterocycles. The molecule has 2 saturated heterocycles. The third-order valence-corrected chi connectivity index (χ3v) is 5.23. The smallest absolute Gasteiger partial charge is 0.237 e. The minimum atomic E-state index is -0.391. The highest BCUT2D eigenvalue weighted by molar-refractivity contribution is 5.89. The third-order valence-electron chi connectivity index (χ3n) is 5.23. The highest BCUT2D eigenvalue weighted by atomic mass is 19.1. The third kappa shape index (κ3) is 4.77. The van der Waals surface area contributed by atoms with Crippen molar-refractivity contribution in [2.24, 2.45) is 5.92 Å². The summed E-state index contributed by atoms with van der Waals surface area (Å²) >= 11 is 0. The molecule has 0 radical (unpaired) electrons. The van der Waals surface area contributed by atoms with Gasteiger partial charge in [-0.1, -0.05) is 26.0 Å². The van der Waals surface area contributed by atoms with Crippen LogP contribution in [0.2, 0.25) is 0 Å². The Bertz CT molecular complexity index is 674. The van der Waals surface area contributed by atoms with E-state index in [0.29, 0.717) is 44.3 Å². The predicted octanol–water partition coefficient (Wildman–Crippen LogP) is 1.32. The van der Waals surface area contributed by atoms with Gasteiger partial charge >= 0.3 is 0 Å². The fraction of sp³-hybridized carbons (Fsp3) is 0.600. The number of nitrogens with zero attached hydrogens (tertiary/aromatic N) is 3. The van der Waals surface area contributed by atoms with Crippen molar-refractivity contribution < 1.29 is 14.0 Å². The molecule has 148 valence electrons. The van der Waals surface area contributed by atoms with E-state index in [2.05, 4.69) is 24.1 Å². The largest absolute Gasteiger partial charge is 0.366 e. The highest BCUT2D eigenvalue weighted by Gasteiger charge is 2.33. The maximum absolute atomic E-state index is 14.0. The molecular formula is C20H29FN4O2. The Kier molecular flexibility index (Phi) is 6.31. The van der Waals surface area contributed by atoms with Crippen LogP contribution in [0.4, 0.5) is 10.1 Å². The Morgan fingerprint density at radius 1 is 1.19 bits per heavy atom. The summed E-state index contributed by atoms with van der Waals surface area (Å²) in [7, 11) is 0. The predicted molar refractivity (Wildman–Crippen MR) is 103 cm³/mol. The number of benzene rings is 1. The molecule has 1 aromatic rings. The zero-order chi connectivity index (χ0) is 19.4. The minimum absolute atomic E-state index is 0.000935. The molecule has 0 saturated carbocycles. The molecule has 2 aliphatic rings. The summed E-state index contributed by atoms with van der Waals surface area (Å²) in [4.78, 5) is 31.0. The van der Waals surface area contributed by atoms with Gasteiger partial charge in [0.15, 0.2) is 0 Å². The van der Waals surface area contributed by atoms with E-state index < -0.39 is 6.04 Å². The lowest BCUT2D eigenvalue weighted by atomic mass is 10.0. The first-order valence-corrected chi connectivity index (χ1v) is 9.74. The summed E-state index contributed by atoms with van der Waals surface area (Å²) in [5.41, 5.74) is 0.583. The molecule has 2 aliphatic heterocycles. The number of hydrogen-bond acceptors (Lipinski definition) is 4. The van der Waals surface area contributed by atoms with E-state index >= 15 is 0 Å². The molecule has 1 aromatic carbocycles. The van der Waals surface area contributed by atoms with Gasteiger partial charge in [-0.15, -0.1) is 0 Å². The average molecular weight is 376 g/mol. The number of carbonyl (C=O) groups is 2. The molecule has 2 amide bonds. The van der Waals surface area contributed by atoms with E-state index in [1.807, 2.05) is 11.0 Å². The first-order valence-electron chi connectivity index (χ1n) is 9.74. The lowest BCUT2D eigenvalue weighted by Gasteiger charge is -2.39. The van der Waals surface area contributed by atoms with Crippen molar-refractivity contribution >= 4 is 17.5 Å². The quantitative estimate of drug-likeness (QED) is 0.842. The molecule has 27 heavy (non-hydrogen) atoms. The molecule has 2 fully saturated rings. The number of para-hydroxylation sites is 1. The van der Waals surface area contributed by atoms with Gasteiger partial charge in [0.1, 0.15) is 5.82 Å². The molecule has 0 bridgehead atoms. The second kappa shape index (κ2) is 8.69. The minimum Gasteiger partial charge on any atom is -0.366 e. The van der Waals surface area contributed by atoms with Crippen LogP contribution in [0.1, 0.15) is 20.3 Å². The average Bonchev–Trinajstić information content (AvgIpc) is 2.64. The Labute approximate surface area is 160 Å². The second-order valence-electron chi connectivity index (χ2n) is 7.72. The van der Waals surface area contributed by atoms with E-state index in [1.165, 1.54) is 6.07 Å². The van der Waals surface area contributed by atoms with Crippen LogP contribution in [0, 0.1) is 11.7 Å². The topological polar surface area (TPSA) is 55.9 Å². The Hall–Kier alpha value is -2.15. The number of hydrogen-bond donors (Lipinski definition) is 1. The molecule has 3 rings (SSSR count). The van der Waals surface area contributed by atoms with Gasteiger partial charge in [0.25, 0.3) is 0 Å². The van der Waals surface area contributed by atoms with Gasteiger partial charge in [-0.3, -0.25) is 14.5 Å². The van der Waals surface area contributed by atoms with Gasteiger partial charge in [-0.2, -0.15) is 0 Å². The number of piperazine rings is 2. The van der Waals surface area contributed by atoms with Crippen molar-refractivity contribution in [3.05, 3.63) is 30.1 Å². The lowest BCUT2D eigenvalue weighted by Crippen LogP contribution is -2.58. The number of carbonyl (C=O) groups excluding carboxylic acids is 2. The van der Waals surface area contributed by atoms with E-state index in [4.69, 9.17) is 0 Å². The van der Waals surface area contributed by atoms with Crippen LogP contribution in [0.15, 0.2) is 24.3 Å². The number of halogens is 1. The molecule has 6 nitrogen and oxygen atoms in total. The van der Waals surface area contributed by atoms with Crippen molar-refractivity contribution in [1.82, 2.24) is 15.1 Å². The summed E-state index contributed by atoms with van der Waals surface area (Å²) in [5.74, 6) is 0.150. The van der Waals surface area contributed by atoms with E-state index in [9.17, 15) is 14.0 Å². The highest BCUT2D eigenvalue weighted by Crippen LogP contribution is 2.21. The maximum Gasteiger partial charge on any atom is 0.237 e. The Morgan fingerprint density at radius 2 is 1.89 bits per heavy atom. The fourth-order valence-corrected chi connectivity index (χ4v) is 3.87. The van der Waals surface area contributed by atoms with Gasteiger partial charge in [0.05, 0.1) is 18.2 Å². The van der Waals surface area contributed by atoms with Crippen LogP contribution in [0.25, 0.3) is 0 Å². The van der Waals surface area contributed by atoms with Crippen LogP contribution in [-0.2, 0) is 9.59 Å². The Balaban J connectivity index is 1.57. The van der Waals surface area contributed by atoms with Crippen LogP contribution < -0.4 is 10.2 Å². The summed E-state index contributed by atoms with van der Waals surface area (Å²) < 4.78 is 14.0. The lowest BCUT2D eigenvalue weighted by molar-refractivity contribution is -0.139. The first-order chi connectivity index (χ1) is 13.0. The summed E-state index contributed by atoms with van der Waals surface area (Å²) in [6.07, 6.45) is 0.207. The number of anilines is 1. The molecule has 1 N–H and O–H groups in total. The standard InChI is InChI=1S/C20H29FN4O2/c1-15(2)14-25-8-7-22-20(27)18(25)13-19(26)24-11-9-23(10-12-24)17-6-4-3-5-16(17)21/h3-6,15,18H,7-14H2,1-2H3,(H,22,27). The van der Waals surface area contributed by atoms with Crippen LogP contribution >= 0.6 is 0 Å². The van der Waals surface area contributed by atoms with E-state index in [0.717, 1.165) is 13.1 Å². The van der Waals surface area contributed by atoms with Gasteiger partial charge < -0.3 is 15.1 Å². The van der Waals surface area contributed by atoms with Crippen molar-refractivity contribution in [1.29, 1.82) is 0 Å². The van der Waals surface area contributed by atoms with Crippen molar-refractivity contribution in [3.63, 3.8) is 0 Å². The molecule has 1 unspecified atom stereocenters. The molecule has 7 heteroatoms. The van der Waals surface area contributed by atoms with Crippen molar-refractivity contribution in [2.75, 3.05) is 50.7 Å². The van der Waals surface area contributed by atoms with Crippen LogP contribution in [0.3, 0.4) is 0 Å². The SMILES string of the molecule is CC(C)CN1CCNC(=O)C1CC(=O)N1CCN(c2ccccc2F)CC1. The summed E-state index contributed by atoms with van der Waals surface area (Å²) in [6, 6.07) is 6.33. The monoisotopic (exact) mass is 376 g/mol. The van der Waals surface area contributed by atoms with E-state index in [-0.39, 0.29) is 24.1 Å². The van der Waals surface area contributed by atoms with Crippen LogP contribution in [0.5, 0.6) is 0 Å². The number of nitrogens with one attached hydrogen (secondary N) is 1. The van der Waals surface area contributed by atoms with Gasteiger partial charge in [-0.05, 0) is 18.1 Å². The van der Waals surface area contributed by atoms with Crippen molar-refractivity contribution in [3.8, 4) is 0 Å². The molecule has 1 atom stereocenters. The van der Waals surface area contributed by atoms with E-state index in [1.54, 1.807) is 17.0 Å². The van der Waals surface area contributed by atoms with Gasteiger partial charge in [0, 0.05) is 45.8 Å². The van der Waals surface area contributed by atoms with Crippen LogP contribution in [-0.4, -0.2) is 73.5 Å². The number of amides is 2. The molecule has 0 spiro atoms. The zero-order valence-corrected chi connectivity index (χ0v) is 16.2. The molecule has 2 heterocycles. The number of rotatable bonds is 5. The van der Waals surface area contributed by atoms with Crippen molar-refractivity contribution in [2.45, 2.75) is 26.3 Å². The maximum atomic E-state index is 14.0. The first kappa shape index (κ1) is 19.6.